The summed E-state index contributed by atoms with van der Waals surface area (Å²) in [5.74, 6) is 0.357. The highest BCUT2D eigenvalue weighted by Crippen LogP contribution is 2.21. The van der Waals surface area contributed by atoms with E-state index in [-0.39, 0.29) is 5.82 Å². The van der Waals surface area contributed by atoms with E-state index in [1.807, 2.05) is 37.3 Å². The highest BCUT2D eigenvalue weighted by molar-refractivity contribution is 5.70. The second-order valence-electron chi connectivity index (χ2n) is 9.87. The third kappa shape index (κ3) is 8.15. The van der Waals surface area contributed by atoms with Gasteiger partial charge in [0, 0.05) is 5.56 Å². The second-order valence-corrected chi connectivity index (χ2v) is 9.87. The van der Waals surface area contributed by atoms with Crippen molar-refractivity contribution < 1.29 is 4.39 Å². The summed E-state index contributed by atoms with van der Waals surface area (Å²) in [5.41, 5.74) is 8.20. The van der Waals surface area contributed by atoms with Crippen LogP contribution in [0.4, 0.5) is 4.39 Å². The first-order chi connectivity index (χ1) is 18.1. The van der Waals surface area contributed by atoms with Crippen molar-refractivity contribution in [1.29, 1.82) is 0 Å². The van der Waals surface area contributed by atoms with Gasteiger partial charge in [-0.3, -0.25) is 0 Å². The minimum atomic E-state index is -0.161. The third-order valence-corrected chi connectivity index (χ3v) is 6.97. The predicted molar refractivity (Wildman–Crippen MR) is 157 cm³/mol. The zero-order valence-electron chi connectivity index (χ0n) is 22.0. The zero-order chi connectivity index (χ0) is 25.9. The number of allylic oxidation sites excluding steroid dienone is 2. The van der Waals surface area contributed by atoms with E-state index in [0.717, 1.165) is 43.2 Å². The first-order valence-electron chi connectivity index (χ1n) is 13.4. The third-order valence-electron chi connectivity index (χ3n) is 6.97. The smallest absolute Gasteiger partial charge is 0.130 e. The fraction of sp³-hybridized carbons (Fsp3) is 0.222. The molecule has 0 bridgehead atoms. The number of aryl methyl sites for hydroxylation is 3. The van der Waals surface area contributed by atoms with E-state index >= 15 is 0 Å². The Balaban J connectivity index is 1.27. The molecule has 1 atom stereocenters. The van der Waals surface area contributed by atoms with Crippen LogP contribution in [0.15, 0.2) is 109 Å². The van der Waals surface area contributed by atoms with Crippen molar-refractivity contribution in [3.63, 3.8) is 0 Å². The van der Waals surface area contributed by atoms with Gasteiger partial charge in [0.25, 0.3) is 0 Å². The molecule has 0 N–H and O–H groups in total. The van der Waals surface area contributed by atoms with Crippen molar-refractivity contribution in [3.05, 3.63) is 154 Å². The van der Waals surface area contributed by atoms with Crippen molar-refractivity contribution in [2.75, 3.05) is 0 Å². The summed E-state index contributed by atoms with van der Waals surface area (Å²) in [6, 6.07) is 33.9. The zero-order valence-corrected chi connectivity index (χ0v) is 22.0. The molecular formula is C36H37F. The van der Waals surface area contributed by atoms with Crippen LogP contribution in [0.25, 0.3) is 12.2 Å². The van der Waals surface area contributed by atoms with Crippen molar-refractivity contribution >= 4 is 12.2 Å². The molecule has 1 heteroatoms. The Labute approximate surface area is 222 Å². The lowest BCUT2D eigenvalue weighted by molar-refractivity contribution is 0.622. The molecule has 0 aliphatic carbocycles. The summed E-state index contributed by atoms with van der Waals surface area (Å²) < 4.78 is 14.5. The lowest BCUT2D eigenvalue weighted by atomic mass is 9.93. The maximum absolute atomic E-state index is 14.5. The van der Waals surface area contributed by atoms with Crippen LogP contribution >= 0.6 is 0 Å². The SMILES string of the molecule is C/C=C/CCc1ccc(/C=C/c2ccc(CCc3ccc(CC(C)c4ccccc4)cc3)cc2)c(F)c1. The largest absolute Gasteiger partial charge is 0.206 e. The average molecular weight is 489 g/mol. The number of hydrogen-bond donors (Lipinski definition) is 0. The Kier molecular flexibility index (Phi) is 9.66. The number of benzene rings is 4. The highest BCUT2D eigenvalue weighted by Gasteiger charge is 2.06. The molecule has 4 aromatic carbocycles. The molecule has 0 aliphatic rings. The van der Waals surface area contributed by atoms with Crippen molar-refractivity contribution in [3.8, 4) is 0 Å². The molecule has 0 aliphatic heterocycles. The van der Waals surface area contributed by atoms with Gasteiger partial charge in [-0.2, -0.15) is 0 Å². The quantitative estimate of drug-likeness (QED) is 0.146. The summed E-state index contributed by atoms with van der Waals surface area (Å²) in [5, 5.41) is 0. The lowest BCUT2D eigenvalue weighted by Gasteiger charge is -2.12. The maximum atomic E-state index is 14.5. The first kappa shape index (κ1) is 26.4. The highest BCUT2D eigenvalue weighted by atomic mass is 19.1. The van der Waals surface area contributed by atoms with Crippen molar-refractivity contribution in [2.24, 2.45) is 0 Å². The van der Waals surface area contributed by atoms with Gasteiger partial charge in [0.15, 0.2) is 0 Å². The van der Waals surface area contributed by atoms with E-state index in [9.17, 15) is 4.39 Å². The Hall–Kier alpha value is -3.71. The van der Waals surface area contributed by atoms with Gasteiger partial charge >= 0.3 is 0 Å². The molecule has 1 unspecified atom stereocenters. The van der Waals surface area contributed by atoms with Crippen LogP contribution in [0.2, 0.25) is 0 Å². The monoisotopic (exact) mass is 488 g/mol. The predicted octanol–water partition coefficient (Wildman–Crippen LogP) is 9.64. The summed E-state index contributed by atoms with van der Waals surface area (Å²) in [4.78, 5) is 0. The molecular weight excluding hydrogens is 451 g/mol. The van der Waals surface area contributed by atoms with Gasteiger partial charge in [0.1, 0.15) is 5.82 Å². The molecule has 0 amide bonds. The lowest BCUT2D eigenvalue weighted by Crippen LogP contribution is -1.99. The van der Waals surface area contributed by atoms with Crippen LogP contribution in [-0.2, 0) is 25.7 Å². The normalized spacial score (nSPS) is 12.4. The Morgan fingerprint density at radius 2 is 1.30 bits per heavy atom. The molecule has 37 heavy (non-hydrogen) atoms. The standard InChI is InChI=1S/C36H37F/c1-3-4-6-9-32-23-25-35(36(37)27-32)24-22-31-16-14-29(15-17-31)12-13-30-18-20-33(21-19-30)26-28(2)34-10-7-5-8-11-34/h3-5,7-8,10-11,14-25,27-28H,6,9,12-13,26H2,1-2H3/b4-3+,24-22+. The van der Waals surface area contributed by atoms with E-state index in [1.165, 1.54) is 22.3 Å². The van der Waals surface area contributed by atoms with E-state index in [4.69, 9.17) is 0 Å². The van der Waals surface area contributed by atoms with Gasteiger partial charge in [-0.05, 0) is 84.4 Å². The van der Waals surface area contributed by atoms with Crippen LogP contribution in [0.3, 0.4) is 0 Å². The van der Waals surface area contributed by atoms with E-state index < -0.39 is 0 Å². The summed E-state index contributed by atoms with van der Waals surface area (Å²) in [6.45, 7) is 4.30. The van der Waals surface area contributed by atoms with Crippen molar-refractivity contribution in [2.45, 2.75) is 51.9 Å². The average Bonchev–Trinajstić information content (AvgIpc) is 2.93. The molecule has 4 rings (SSSR count). The molecule has 0 fully saturated rings. The molecule has 4 aromatic rings. The fourth-order valence-electron chi connectivity index (χ4n) is 4.64. The van der Waals surface area contributed by atoms with Gasteiger partial charge in [0.2, 0.25) is 0 Å². The summed E-state index contributed by atoms with van der Waals surface area (Å²) in [7, 11) is 0. The van der Waals surface area contributed by atoms with Crippen LogP contribution in [0, 0.1) is 5.82 Å². The number of halogens is 1. The van der Waals surface area contributed by atoms with Gasteiger partial charge in [0.05, 0.1) is 0 Å². The molecule has 0 radical (unpaired) electrons. The van der Waals surface area contributed by atoms with E-state index in [2.05, 4.69) is 91.9 Å². The van der Waals surface area contributed by atoms with Crippen LogP contribution in [0.1, 0.15) is 65.1 Å². The molecule has 0 saturated heterocycles. The fourth-order valence-corrected chi connectivity index (χ4v) is 4.64. The van der Waals surface area contributed by atoms with Gasteiger partial charge < -0.3 is 0 Å². The topological polar surface area (TPSA) is 0 Å². The Morgan fingerprint density at radius 1 is 0.676 bits per heavy atom. The molecule has 0 nitrogen and oxygen atoms in total. The van der Waals surface area contributed by atoms with E-state index in [1.54, 1.807) is 6.07 Å². The molecule has 0 aromatic heterocycles. The number of rotatable bonds is 11. The minimum absolute atomic E-state index is 0.161. The molecule has 0 saturated carbocycles. The van der Waals surface area contributed by atoms with Gasteiger partial charge in [-0.15, -0.1) is 0 Å². The Morgan fingerprint density at radius 3 is 1.95 bits per heavy atom. The van der Waals surface area contributed by atoms with E-state index in [0.29, 0.717) is 11.5 Å². The summed E-state index contributed by atoms with van der Waals surface area (Å²) in [6.07, 6.45) is 12.9. The molecule has 0 heterocycles. The molecule has 188 valence electrons. The van der Waals surface area contributed by atoms with Crippen molar-refractivity contribution in [1.82, 2.24) is 0 Å². The van der Waals surface area contributed by atoms with Crippen LogP contribution in [0.5, 0.6) is 0 Å². The number of hydrogen-bond acceptors (Lipinski definition) is 0. The van der Waals surface area contributed by atoms with Gasteiger partial charge in [-0.25, -0.2) is 4.39 Å². The maximum Gasteiger partial charge on any atom is 0.130 e. The minimum Gasteiger partial charge on any atom is -0.206 e. The second kappa shape index (κ2) is 13.6. The first-order valence-corrected chi connectivity index (χ1v) is 13.4. The molecule has 0 spiro atoms. The van der Waals surface area contributed by atoms with Crippen LogP contribution < -0.4 is 0 Å². The van der Waals surface area contributed by atoms with Gasteiger partial charge in [-0.1, -0.05) is 122 Å². The summed E-state index contributed by atoms with van der Waals surface area (Å²) >= 11 is 0. The Bertz CT molecular complexity index is 1300. The van der Waals surface area contributed by atoms with Crippen LogP contribution in [-0.4, -0.2) is 0 Å².